The van der Waals surface area contributed by atoms with Crippen molar-refractivity contribution in [2.75, 3.05) is 13.6 Å². The third-order valence-corrected chi connectivity index (χ3v) is 4.00. The summed E-state index contributed by atoms with van der Waals surface area (Å²) >= 11 is 0. The van der Waals surface area contributed by atoms with Gasteiger partial charge in [0, 0.05) is 13.1 Å². The van der Waals surface area contributed by atoms with Crippen LogP contribution in [0.3, 0.4) is 0 Å². The normalized spacial score (nSPS) is 15.3. The van der Waals surface area contributed by atoms with Crippen molar-refractivity contribution < 1.29 is 4.42 Å². The zero-order chi connectivity index (χ0) is 13.9. The maximum Gasteiger partial charge on any atom is 0.120 e. The number of nitrogens with one attached hydrogen (secondary N) is 1. The van der Waals surface area contributed by atoms with E-state index in [0.29, 0.717) is 0 Å². The first-order chi connectivity index (χ1) is 9.76. The molecule has 2 aromatic rings. The van der Waals surface area contributed by atoms with Crippen LogP contribution in [0.5, 0.6) is 0 Å². The summed E-state index contributed by atoms with van der Waals surface area (Å²) in [6.07, 6.45) is 1.14. The van der Waals surface area contributed by atoms with E-state index < -0.39 is 0 Å². The van der Waals surface area contributed by atoms with Crippen molar-refractivity contribution in [3.63, 3.8) is 0 Å². The Labute approximate surface area is 120 Å². The molecule has 0 radical (unpaired) electrons. The van der Waals surface area contributed by atoms with E-state index >= 15 is 0 Å². The van der Waals surface area contributed by atoms with Crippen molar-refractivity contribution in [2.45, 2.75) is 33.0 Å². The summed E-state index contributed by atoms with van der Waals surface area (Å²) in [6, 6.07) is 10.9. The van der Waals surface area contributed by atoms with Crippen LogP contribution in [0.1, 0.15) is 28.2 Å². The van der Waals surface area contributed by atoms with Crippen LogP contribution in [0.25, 0.3) is 0 Å². The van der Waals surface area contributed by atoms with E-state index in [-0.39, 0.29) is 0 Å². The average Bonchev–Trinajstić information content (AvgIpc) is 2.79. The molecule has 0 atom stereocenters. The Kier molecular flexibility index (Phi) is 3.90. The second kappa shape index (κ2) is 5.81. The van der Waals surface area contributed by atoms with E-state index in [1.165, 1.54) is 16.7 Å². The molecule has 0 amide bonds. The van der Waals surface area contributed by atoms with Crippen molar-refractivity contribution in [1.29, 1.82) is 0 Å². The van der Waals surface area contributed by atoms with Crippen molar-refractivity contribution in [3.05, 3.63) is 58.5 Å². The van der Waals surface area contributed by atoms with Crippen LogP contribution in [-0.4, -0.2) is 18.5 Å². The van der Waals surface area contributed by atoms with Gasteiger partial charge in [0.05, 0.1) is 13.1 Å². The van der Waals surface area contributed by atoms with Crippen LogP contribution in [0, 0.1) is 6.92 Å². The summed E-state index contributed by atoms with van der Waals surface area (Å²) in [6.45, 7) is 5.95. The quantitative estimate of drug-likeness (QED) is 0.926. The molecule has 20 heavy (non-hydrogen) atoms. The lowest BCUT2D eigenvalue weighted by Crippen LogP contribution is -2.29. The lowest BCUT2D eigenvalue weighted by Gasteiger charge is -2.27. The van der Waals surface area contributed by atoms with Gasteiger partial charge in [-0.1, -0.05) is 24.3 Å². The van der Waals surface area contributed by atoms with Gasteiger partial charge in [0.1, 0.15) is 11.5 Å². The SMILES string of the molecule is CNCc1oc(CN2CCc3ccccc3C2)cc1C. The molecule has 1 aliphatic heterocycles. The minimum absolute atomic E-state index is 0.800. The minimum Gasteiger partial charge on any atom is -0.463 e. The number of nitrogens with zero attached hydrogens (tertiary/aromatic N) is 1. The summed E-state index contributed by atoms with van der Waals surface area (Å²) in [4.78, 5) is 2.46. The Morgan fingerprint density at radius 3 is 2.85 bits per heavy atom. The molecule has 1 aromatic carbocycles. The third-order valence-electron chi connectivity index (χ3n) is 4.00. The molecule has 3 nitrogen and oxygen atoms in total. The molecule has 1 aliphatic rings. The molecule has 0 bridgehead atoms. The van der Waals surface area contributed by atoms with Crippen LogP contribution >= 0.6 is 0 Å². The van der Waals surface area contributed by atoms with E-state index in [4.69, 9.17) is 4.42 Å². The molecule has 1 aromatic heterocycles. The zero-order valence-corrected chi connectivity index (χ0v) is 12.3. The molecule has 0 saturated heterocycles. The van der Waals surface area contributed by atoms with E-state index in [9.17, 15) is 0 Å². The van der Waals surface area contributed by atoms with Gasteiger partial charge in [-0.3, -0.25) is 4.90 Å². The first-order valence-corrected chi connectivity index (χ1v) is 7.28. The Morgan fingerprint density at radius 1 is 1.25 bits per heavy atom. The number of rotatable bonds is 4. The van der Waals surface area contributed by atoms with Crippen molar-refractivity contribution >= 4 is 0 Å². The number of hydrogen-bond donors (Lipinski definition) is 1. The number of furan rings is 1. The highest BCUT2D eigenvalue weighted by atomic mass is 16.3. The molecule has 0 aliphatic carbocycles. The van der Waals surface area contributed by atoms with Gasteiger partial charge in [-0.25, -0.2) is 0 Å². The molecule has 0 saturated carbocycles. The fraction of sp³-hybridized carbons (Fsp3) is 0.412. The van der Waals surface area contributed by atoms with Gasteiger partial charge >= 0.3 is 0 Å². The van der Waals surface area contributed by atoms with E-state index in [0.717, 1.165) is 44.1 Å². The molecule has 0 unspecified atom stereocenters. The predicted octanol–water partition coefficient (Wildman–Crippen LogP) is 2.87. The van der Waals surface area contributed by atoms with Crippen LogP contribution in [0.15, 0.2) is 34.7 Å². The maximum atomic E-state index is 5.94. The third kappa shape index (κ3) is 2.79. The van der Waals surface area contributed by atoms with Crippen molar-refractivity contribution in [3.8, 4) is 0 Å². The van der Waals surface area contributed by atoms with E-state index in [1.54, 1.807) is 0 Å². The van der Waals surface area contributed by atoms with Gasteiger partial charge < -0.3 is 9.73 Å². The standard InChI is InChI=1S/C17H22N2O/c1-13-9-16(20-17(13)10-18-2)12-19-8-7-14-5-3-4-6-15(14)11-19/h3-6,9,18H,7-8,10-12H2,1-2H3. The number of aryl methyl sites for hydroxylation is 1. The number of benzene rings is 1. The Morgan fingerprint density at radius 2 is 2.05 bits per heavy atom. The second-order valence-corrected chi connectivity index (χ2v) is 5.58. The summed E-state index contributed by atoms with van der Waals surface area (Å²) in [5.74, 6) is 2.13. The van der Waals surface area contributed by atoms with Gasteiger partial charge in [-0.05, 0) is 43.1 Å². The zero-order valence-electron chi connectivity index (χ0n) is 12.3. The molecule has 0 spiro atoms. The average molecular weight is 270 g/mol. The van der Waals surface area contributed by atoms with Gasteiger partial charge in [-0.2, -0.15) is 0 Å². The molecular weight excluding hydrogens is 248 g/mol. The largest absolute Gasteiger partial charge is 0.463 e. The topological polar surface area (TPSA) is 28.4 Å². The van der Waals surface area contributed by atoms with Crippen LogP contribution in [0.2, 0.25) is 0 Å². The van der Waals surface area contributed by atoms with Gasteiger partial charge in [0.15, 0.2) is 0 Å². The number of fused-ring (bicyclic) bond motifs is 1. The summed E-state index contributed by atoms with van der Waals surface area (Å²) in [5, 5.41) is 3.15. The molecule has 3 rings (SSSR count). The van der Waals surface area contributed by atoms with Crippen molar-refractivity contribution in [2.24, 2.45) is 0 Å². The first-order valence-electron chi connectivity index (χ1n) is 7.28. The molecule has 2 heterocycles. The monoisotopic (exact) mass is 270 g/mol. The Hall–Kier alpha value is -1.58. The van der Waals surface area contributed by atoms with Crippen LogP contribution in [0.4, 0.5) is 0 Å². The smallest absolute Gasteiger partial charge is 0.120 e. The van der Waals surface area contributed by atoms with E-state index in [2.05, 4.69) is 47.5 Å². The summed E-state index contributed by atoms with van der Waals surface area (Å²) < 4.78 is 5.94. The van der Waals surface area contributed by atoms with E-state index in [1.807, 2.05) is 7.05 Å². The minimum atomic E-state index is 0.800. The fourth-order valence-electron chi connectivity index (χ4n) is 2.91. The van der Waals surface area contributed by atoms with Gasteiger partial charge in [0.2, 0.25) is 0 Å². The number of hydrogen-bond acceptors (Lipinski definition) is 3. The lowest BCUT2D eigenvalue weighted by molar-refractivity contribution is 0.223. The Balaban J connectivity index is 1.69. The molecule has 0 fully saturated rings. The Bertz CT molecular complexity index is 588. The predicted molar refractivity (Wildman–Crippen MR) is 80.5 cm³/mol. The molecule has 106 valence electrons. The summed E-state index contributed by atoms with van der Waals surface area (Å²) in [5.41, 5.74) is 4.19. The van der Waals surface area contributed by atoms with Gasteiger partial charge in [-0.15, -0.1) is 0 Å². The maximum absolute atomic E-state index is 5.94. The highest BCUT2D eigenvalue weighted by molar-refractivity contribution is 5.29. The summed E-state index contributed by atoms with van der Waals surface area (Å²) in [7, 11) is 1.95. The molecular formula is C17H22N2O. The van der Waals surface area contributed by atoms with Crippen LogP contribution < -0.4 is 5.32 Å². The fourth-order valence-corrected chi connectivity index (χ4v) is 2.91. The van der Waals surface area contributed by atoms with Crippen LogP contribution in [-0.2, 0) is 26.1 Å². The second-order valence-electron chi connectivity index (χ2n) is 5.58. The molecule has 3 heteroatoms. The lowest BCUT2D eigenvalue weighted by atomic mass is 10.00. The highest BCUT2D eigenvalue weighted by Crippen LogP contribution is 2.22. The van der Waals surface area contributed by atoms with Crippen molar-refractivity contribution in [1.82, 2.24) is 10.2 Å². The first kappa shape index (κ1) is 13.4. The van der Waals surface area contributed by atoms with Gasteiger partial charge in [0.25, 0.3) is 0 Å². The molecule has 1 N–H and O–H groups in total. The highest BCUT2D eigenvalue weighted by Gasteiger charge is 2.17.